The van der Waals surface area contributed by atoms with Crippen molar-refractivity contribution in [2.45, 2.75) is 6.04 Å². The van der Waals surface area contributed by atoms with Gasteiger partial charge in [0.1, 0.15) is 11.5 Å². The molecule has 21 heavy (non-hydrogen) atoms. The molecule has 0 unspecified atom stereocenters. The molecule has 114 valence electrons. The average Bonchev–Trinajstić information content (AvgIpc) is 2.53. The molecule has 1 fully saturated rings. The minimum Gasteiger partial charge on any atom is -0.497 e. The molecule has 1 amide bonds. The average molecular weight is 295 g/mol. The summed E-state index contributed by atoms with van der Waals surface area (Å²) >= 11 is 0. The number of carbonyl (C=O) groups is 2. The number of benzene rings is 1. The molecule has 0 aliphatic carbocycles. The largest absolute Gasteiger partial charge is 0.497 e. The molecule has 1 N–H and O–H groups in total. The number of nitrogens with zero attached hydrogens (tertiary/aromatic N) is 1. The number of carbonyl (C=O) groups excluding carboxylic acids is 1. The monoisotopic (exact) mass is 295 g/mol. The number of hydrogen-bond acceptors (Lipinski definition) is 5. The lowest BCUT2D eigenvalue weighted by molar-refractivity contribution is -0.147. The zero-order chi connectivity index (χ0) is 15.4. The van der Waals surface area contributed by atoms with E-state index < -0.39 is 17.9 Å². The molecule has 7 nitrogen and oxygen atoms in total. The standard InChI is InChI=1S/C14H17NO6/c1-19-9-3-4-10(12(7-9)20-2)13(16)15-5-6-21-8-11(15)14(17)18/h3-4,7,11H,5-6,8H2,1-2H3,(H,17,18)/t11-/m0/s1. The Morgan fingerprint density at radius 2 is 2.10 bits per heavy atom. The zero-order valence-corrected chi connectivity index (χ0v) is 11.9. The molecule has 1 aliphatic rings. The molecule has 1 atom stereocenters. The van der Waals surface area contributed by atoms with Gasteiger partial charge in [-0.25, -0.2) is 4.79 Å². The smallest absolute Gasteiger partial charge is 0.328 e. The van der Waals surface area contributed by atoms with Crippen LogP contribution in [0.4, 0.5) is 0 Å². The molecule has 0 aromatic heterocycles. The molecule has 1 aromatic rings. The van der Waals surface area contributed by atoms with Crippen molar-refractivity contribution in [3.8, 4) is 11.5 Å². The van der Waals surface area contributed by atoms with Gasteiger partial charge in [0.2, 0.25) is 0 Å². The van der Waals surface area contributed by atoms with Crippen molar-refractivity contribution < 1.29 is 28.9 Å². The van der Waals surface area contributed by atoms with Crippen LogP contribution in [0.2, 0.25) is 0 Å². The molecule has 2 rings (SSSR count). The fourth-order valence-corrected chi connectivity index (χ4v) is 2.18. The maximum atomic E-state index is 12.6. The molecule has 7 heteroatoms. The topological polar surface area (TPSA) is 85.3 Å². The molecule has 1 aliphatic heterocycles. The van der Waals surface area contributed by atoms with Crippen LogP contribution < -0.4 is 9.47 Å². The van der Waals surface area contributed by atoms with Crippen LogP contribution in [0.3, 0.4) is 0 Å². The van der Waals surface area contributed by atoms with E-state index in [0.29, 0.717) is 23.7 Å². The Kier molecular flexibility index (Phi) is 4.64. The molecular weight excluding hydrogens is 278 g/mol. The van der Waals surface area contributed by atoms with E-state index in [9.17, 15) is 14.7 Å². The highest BCUT2D eigenvalue weighted by Crippen LogP contribution is 2.26. The summed E-state index contributed by atoms with van der Waals surface area (Å²) in [7, 11) is 2.96. The predicted octanol–water partition coefficient (Wildman–Crippen LogP) is 0.629. The molecule has 0 spiro atoms. The molecule has 0 radical (unpaired) electrons. The summed E-state index contributed by atoms with van der Waals surface area (Å²) in [5.74, 6) is -0.587. The lowest BCUT2D eigenvalue weighted by atomic mass is 10.1. The van der Waals surface area contributed by atoms with E-state index in [1.54, 1.807) is 18.2 Å². The third kappa shape index (κ3) is 3.08. The number of aliphatic carboxylic acids is 1. The van der Waals surface area contributed by atoms with Crippen LogP contribution in [0.15, 0.2) is 18.2 Å². The minimum absolute atomic E-state index is 0.0143. The summed E-state index contributed by atoms with van der Waals surface area (Å²) in [4.78, 5) is 25.1. The lowest BCUT2D eigenvalue weighted by Gasteiger charge is -2.33. The summed E-state index contributed by atoms with van der Waals surface area (Å²) in [6, 6.07) is 3.79. The number of methoxy groups -OCH3 is 2. The van der Waals surface area contributed by atoms with Gasteiger partial charge >= 0.3 is 5.97 Å². The molecular formula is C14H17NO6. The third-order valence-electron chi connectivity index (χ3n) is 3.31. The van der Waals surface area contributed by atoms with E-state index in [1.807, 2.05) is 0 Å². The van der Waals surface area contributed by atoms with Crippen LogP contribution in [0, 0.1) is 0 Å². The Balaban J connectivity index is 2.31. The molecule has 0 bridgehead atoms. The van der Waals surface area contributed by atoms with E-state index in [1.165, 1.54) is 19.1 Å². The maximum Gasteiger partial charge on any atom is 0.328 e. The van der Waals surface area contributed by atoms with Gasteiger partial charge in [-0.1, -0.05) is 0 Å². The fraction of sp³-hybridized carbons (Fsp3) is 0.429. The predicted molar refractivity (Wildman–Crippen MR) is 72.8 cm³/mol. The Bertz CT molecular complexity index is 544. The Morgan fingerprint density at radius 3 is 2.71 bits per heavy atom. The van der Waals surface area contributed by atoms with Gasteiger partial charge in [0, 0.05) is 12.6 Å². The fourth-order valence-electron chi connectivity index (χ4n) is 2.18. The van der Waals surface area contributed by atoms with Crippen molar-refractivity contribution in [2.24, 2.45) is 0 Å². The van der Waals surface area contributed by atoms with Crippen LogP contribution in [0.1, 0.15) is 10.4 Å². The van der Waals surface area contributed by atoms with Gasteiger partial charge in [-0.05, 0) is 12.1 Å². The van der Waals surface area contributed by atoms with Crippen molar-refractivity contribution in [1.29, 1.82) is 0 Å². The summed E-state index contributed by atoms with van der Waals surface area (Å²) in [6.45, 7) is 0.526. The Labute approximate surface area is 122 Å². The quantitative estimate of drug-likeness (QED) is 0.877. The normalized spacial score (nSPS) is 18.2. The molecule has 0 saturated carbocycles. The summed E-state index contributed by atoms with van der Waals surface area (Å²) in [5, 5.41) is 9.19. The first-order chi connectivity index (χ1) is 10.1. The summed E-state index contributed by atoms with van der Waals surface area (Å²) in [6.07, 6.45) is 0. The van der Waals surface area contributed by atoms with Crippen LogP contribution in [-0.4, -0.2) is 61.9 Å². The van der Waals surface area contributed by atoms with Gasteiger partial charge in [-0.15, -0.1) is 0 Å². The highest BCUT2D eigenvalue weighted by atomic mass is 16.5. The maximum absolute atomic E-state index is 12.6. The summed E-state index contributed by atoms with van der Waals surface area (Å²) in [5.41, 5.74) is 0.298. The SMILES string of the molecule is COc1ccc(C(=O)N2CCOC[C@H]2C(=O)O)c(OC)c1. The van der Waals surface area contributed by atoms with Gasteiger partial charge in [-0.2, -0.15) is 0 Å². The van der Waals surface area contributed by atoms with E-state index in [0.717, 1.165) is 0 Å². The van der Waals surface area contributed by atoms with Crippen molar-refractivity contribution in [3.05, 3.63) is 23.8 Å². The van der Waals surface area contributed by atoms with E-state index in [4.69, 9.17) is 14.2 Å². The lowest BCUT2D eigenvalue weighted by Crippen LogP contribution is -2.52. The number of carboxylic acid groups (broad SMARTS) is 1. The van der Waals surface area contributed by atoms with Crippen LogP contribution in [0.25, 0.3) is 0 Å². The van der Waals surface area contributed by atoms with E-state index in [-0.39, 0.29) is 13.2 Å². The number of hydrogen-bond donors (Lipinski definition) is 1. The number of carboxylic acids is 1. The van der Waals surface area contributed by atoms with Crippen LogP contribution >= 0.6 is 0 Å². The third-order valence-corrected chi connectivity index (χ3v) is 3.31. The van der Waals surface area contributed by atoms with Gasteiger partial charge in [-0.3, -0.25) is 4.79 Å². The summed E-state index contributed by atoms with van der Waals surface area (Å²) < 4.78 is 15.4. The van der Waals surface area contributed by atoms with Gasteiger partial charge in [0.05, 0.1) is 33.0 Å². The van der Waals surface area contributed by atoms with E-state index >= 15 is 0 Å². The van der Waals surface area contributed by atoms with Crippen molar-refractivity contribution in [3.63, 3.8) is 0 Å². The number of ether oxygens (including phenoxy) is 3. The Hall–Kier alpha value is -2.28. The first kappa shape index (κ1) is 15.1. The second kappa shape index (κ2) is 6.45. The highest BCUT2D eigenvalue weighted by Gasteiger charge is 2.34. The van der Waals surface area contributed by atoms with Crippen molar-refractivity contribution in [2.75, 3.05) is 34.0 Å². The van der Waals surface area contributed by atoms with E-state index in [2.05, 4.69) is 0 Å². The Morgan fingerprint density at radius 1 is 1.33 bits per heavy atom. The van der Waals surface area contributed by atoms with Crippen LogP contribution in [-0.2, 0) is 9.53 Å². The highest BCUT2D eigenvalue weighted by molar-refractivity contribution is 5.99. The minimum atomic E-state index is -1.09. The second-order valence-corrected chi connectivity index (χ2v) is 4.49. The van der Waals surface area contributed by atoms with Crippen molar-refractivity contribution in [1.82, 2.24) is 4.90 Å². The molecule has 1 aromatic carbocycles. The van der Waals surface area contributed by atoms with Gasteiger partial charge in [0.25, 0.3) is 5.91 Å². The zero-order valence-electron chi connectivity index (χ0n) is 11.9. The second-order valence-electron chi connectivity index (χ2n) is 4.49. The molecule has 1 saturated heterocycles. The van der Waals surface area contributed by atoms with Crippen LogP contribution in [0.5, 0.6) is 11.5 Å². The first-order valence-electron chi connectivity index (χ1n) is 6.42. The number of amides is 1. The van der Waals surface area contributed by atoms with Gasteiger partial charge in [0.15, 0.2) is 6.04 Å². The first-order valence-corrected chi connectivity index (χ1v) is 6.42. The number of rotatable bonds is 4. The van der Waals surface area contributed by atoms with Gasteiger partial charge < -0.3 is 24.2 Å². The molecule has 1 heterocycles. The number of morpholine rings is 1. The van der Waals surface area contributed by atoms with Crippen molar-refractivity contribution >= 4 is 11.9 Å².